The van der Waals surface area contributed by atoms with Gasteiger partial charge >= 0.3 is 0 Å². The maximum absolute atomic E-state index is 5.87. The molecule has 0 unspecified atom stereocenters. The zero-order valence-corrected chi connectivity index (χ0v) is 11.4. The van der Waals surface area contributed by atoms with Crippen LogP contribution in [0, 0.1) is 5.92 Å². The molecule has 0 amide bonds. The SMILES string of the molecule is CC(C)CCN(C)c1nc2ccccn2c1CN. The number of pyridine rings is 1. The van der Waals surface area contributed by atoms with Crippen LogP contribution in [0.2, 0.25) is 0 Å². The first-order valence-corrected chi connectivity index (χ1v) is 6.50. The standard InChI is InChI=1S/C14H22N4/c1-11(2)7-9-17(3)14-12(10-15)18-8-5-4-6-13(18)16-14/h4-6,8,11H,7,9-10,15H2,1-3H3. The van der Waals surface area contributed by atoms with E-state index < -0.39 is 0 Å². The second-order valence-corrected chi connectivity index (χ2v) is 5.12. The summed E-state index contributed by atoms with van der Waals surface area (Å²) in [6.45, 7) is 5.99. The third-order valence-corrected chi connectivity index (χ3v) is 3.20. The Labute approximate surface area is 108 Å². The van der Waals surface area contributed by atoms with Crippen LogP contribution in [0.25, 0.3) is 5.65 Å². The number of anilines is 1. The maximum Gasteiger partial charge on any atom is 0.152 e. The number of nitrogens with two attached hydrogens (primary N) is 1. The van der Waals surface area contributed by atoms with Crippen LogP contribution in [0.5, 0.6) is 0 Å². The Morgan fingerprint density at radius 3 is 2.83 bits per heavy atom. The van der Waals surface area contributed by atoms with E-state index in [0.717, 1.165) is 30.1 Å². The predicted octanol–water partition coefficient (Wildman–Crippen LogP) is 2.28. The summed E-state index contributed by atoms with van der Waals surface area (Å²) in [5.74, 6) is 1.70. The Morgan fingerprint density at radius 1 is 1.39 bits per heavy atom. The van der Waals surface area contributed by atoms with Gasteiger partial charge in [0.25, 0.3) is 0 Å². The minimum Gasteiger partial charge on any atom is -0.358 e. The summed E-state index contributed by atoms with van der Waals surface area (Å²) in [5, 5.41) is 0. The minimum atomic E-state index is 0.506. The van der Waals surface area contributed by atoms with Crippen LogP contribution in [0.3, 0.4) is 0 Å². The lowest BCUT2D eigenvalue weighted by molar-refractivity contribution is 0.583. The van der Waals surface area contributed by atoms with E-state index in [0.29, 0.717) is 12.5 Å². The number of imidazole rings is 1. The quantitative estimate of drug-likeness (QED) is 0.880. The van der Waals surface area contributed by atoms with Gasteiger partial charge in [-0.3, -0.25) is 0 Å². The topological polar surface area (TPSA) is 46.6 Å². The summed E-state index contributed by atoms with van der Waals surface area (Å²) >= 11 is 0. The van der Waals surface area contributed by atoms with Gasteiger partial charge in [0.05, 0.1) is 5.69 Å². The van der Waals surface area contributed by atoms with Gasteiger partial charge in [0, 0.05) is 26.3 Å². The van der Waals surface area contributed by atoms with Crippen molar-refractivity contribution in [3.8, 4) is 0 Å². The Bertz CT molecular complexity index is 515. The van der Waals surface area contributed by atoms with E-state index in [1.807, 2.05) is 24.4 Å². The van der Waals surface area contributed by atoms with Gasteiger partial charge in [-0.2, -0.15) is 0 Å². The van der Waals surface area contributed by atoms with Crippen molar-refractivity contribution in [1.82, 2.24) is 9.38 Å². The van der Waals surface area contributed by atoms with Crippen LogP contribution >= 0.6 is 0 Å². The molecule has 4 heteroatoms. The lowest BCUT2D eigenvalue weighted by atomic mass is 10.1. The van der Waals surface area contributed by atoms with Crippen LogP contribution in [-0.2, 0) is 6.54 Å². The van der Waals surface area contributed by atoms with Crippen molar-refractivity contribution in [2.75, 3.05) is 18.5 Å². The first-order valence-electron chi connectivity index (χ1n) is 6.50. The van der Waals surface area contributed by atoms with Crippen molar-refractivity contribution in [2.45, 2.75) is 26.8 Å². The van der Waals surface area contributed by atoms with Gasteiger partial charge in [0.15, 0.2) is 5.82 Å². The average Bonchev–Trinajstić information content (AvgIpc) is 2.74. The molecule has 2 N–H and O–H groups in total. The van der Waals surface area contributed by atoms with Crippen molar-refractivity contribution in [1.29, 1.82) is 0 Å². The van der Waals surface area contributed by atoms with E-state index >= 15 is 0 Å². The van der Waals surface area contributed by atoms with Crippen molar-refractivity contribution in [3.63, 3.8) is 0 Å². The molecular formula is C14H22N4. The Kier molecular flexibility index (Phi) is 3.87. The second-order valence-electron chi connectivity index (χ2n) is 5.12. The summed E-state index contributed by atoms with van der Waals surface area (Å²) in [4.78, 5) is 6.87. The fourth-order valence-electron chi connectivity index (χ4n) is 2.09. The van der Waals surface area contributed by atoms with Crippen LogP contribution < -0.4 is 10.6 Å². The number of fused-ring (bicyclic) bond motifs is 1. The smallest absolute Gasteiger partial charge is 0.152 e. The molecule has 2 aromatic heterocycles. The molecule has 0 saturated carbocycles. The minimum absolute atomic E-state index is 0.506. The Hall–Kier alpha value is -1.55. The summed E-state index contributed by atoms with van der Waals surface area (Å²) < 4.78 is 2.07. The molecule has 2 aromatic rings. The third kappa shape index (κ3) is 2.48. The van der Waals surface area contributed by atoms with Crippen LogP contribution in [0.4, 0.5) is 5.82 Å². The highest BCUT2D eigenvalue weighted by Crippen LogP contribution is 2.21. The van der Waals surface area contributed by atoms with Gasteiger partial charge in [-0.25, -0.2) is 4.98 Å². The molecular weight excluding hydrogens is 224 g/mol. The summed E-state index contributed by atoms with van der Waals surface area (Å²) in [7, 11) is 2.09. The molecule has 2 rings (SSSR count). The number of nitrogens with zero attached hydrogens (tertiary/aromatic N) is 3. The van der Waals surface area contributed by atoms with Gasteiger partial charge in [0.1, 0.15) is 5.65 Å². The molecule has 18 heavy (non-hydrogen) atoms. The molecule has 0 aliphatic rings. The molecule has 0 spiro atoms. The molecule has 0 bridgehead atoms. The molecule has 2 heterocycles. The second kappa shape index (κ2) is 5.40. The number of rotatable bonds is 5. The van der Waals surface area contributed by atoms with Crippen molar-refractivity contribution >= 4 is 11.5 Å². The molecule has 0 radical (unpaired) electrons. The van der Waals surface area contributed by atoms with Crippen molar-refractivity contribution in [3.05, 3.63) is 30.1 Å². The lowest BCUT2D eigenvalue weighted by Crippen LogP contribution is -2.22. The highest BCUT2D eigenvalue weighted by molar-refractivity contribution is 5.55. The summed E-state index contributed by atoms with van der Waals surface area (Å²) in [6.07, 6.45) is 3.18. The molecule has 0 aliphatic carbocycles. The van der Waals surface area contributed by atoms with Crippen molar-refractivity contribution < 1.29 is 0 Å². The highest BCUT2D eigenvalue weighted by atomic mass is 15.2. The molecule has 98 valence electrons. The highest BCUT2D eigenvalue weighted by Gasteiger charge is 2.14. The Balaban J connectivity index is 2.31. The normalized spacial score (nSPS) is 11.4. The zero-order valence-electron chi connectivity index (χ0n) is 11.4. The molecule has 0 aromatic carbocycles. The molecule has 0 atom stereocenters. The molecule has 0 fully saturated rings. The van der Waals surface area contributed by atoms with E-state index in [1.54, 1.807) is 0 Å². The van der Waals surface area contributed by atoms with Gasteiger partial charge < -0.3 is 15.0 Å². The monoisotopic (exact) mass is 246 g/mol. The fraction of sp³-hybridized carbons (Fsp3) is 0.500. The number of hydrogen-bond donors (Lipinski definition) is 1. The first-order chi connectivity index (χ1) is 8.63. The van der Waals surface area contributed by atoms with Crippen molar-refractivity contribution in [2.24, 2.45) is 11.7 Å². The maximum atomic E-state index is 5.87. The van der Waals surface area contributed by atoms with E-state index in [4.69, 9.17) is 5.73 Å². The molecule has 0 saturated heterocycles. The van der Waals surface area contributed by atoms with Crippen LogP contribution in [-0.4, -0.2) is 23.0 Å². The molecule has 0 aliphatic heterocycles. The fourth-order valence-corrected chi connectivity index (χ4v) is 2.09. The molecule has 4 nitrogen and oxygen atoms in total. The van der Waals surface area contributed by atoms with Gasteiger partial charge in [-0.15, -0.1) is 0 Å². The number of hydrogen-bond acceptors (Lipinski definition) is 3. The van der Waals surface area contributed by atoms with Gasteiger partial charge in [-0.05, 0) is 24.5 Å². The van der Waals surface area contributed by atoms with Gasteiger partial charge in [0.2, 0.25) is 0 Å². The van der Waals surface area contributed by atoms with E-state index in [2.05, 4.69) is 35.2 Å². The Morgan fingerprint density at radius 2 is 2.17 bits per heavy atom. The summed E-state index contributed by atoms with van der Waals surface area (Å²) in [6, 6.07) is 6.02. The largest absolute Gasteiger partial charge is 0.358 e. The average molecular weight is 246 g/mol. The van der Waals surface area contributed by atoms with E-state index in [1.165, 1.54) is 0 Å². The van der Waals surface area contributed by atoms with E-state index in [-0.39, 0.29) is 0 Å². The van der Waals surface area contributed by atoms with Crippen LogP contribution in [0.1, 0.15) is 26.0 Å². The zero-order chi connectivity index (χ0) is 13.1. The lowest BCUT2D eigenvalue weighted by Gasteiger charge is -2.19. The first kappa shape index (κ1) is 12.9. The summed E-state index contributed by atoms with van der Waals surface area (Å²) in [5.41, 5.74) is 7.91. The van der Waals surface area contributed by atoms with E-state index in [9.17, 15) is 0 Å². The van der Waals surface area contributed by atoms with Gasteiger partial charge in [-0.1, -0.05) is 19.9 Å². The third-order valence-electron chi connectivity index (χ3n) is 3.20. The predicted molar refractivity (Wildman–Crippen MR) is 75.8 cm³/mol. The number of aromatic nitrogens is 2. The van der Waals surface area contributed by atoms with Crippen LogP contribution in [0.15, 0.2) is 24.4 Å².